The molecule has 130 valence electrons. The third-order valence-electron chi connectivity index (χ3n) is 4.23. The number of anilines is 1. The number of fused-ring (bicyclic) bond motifs is 1. The molecular formula is C18H17BrFN3O2. The highest BCUT2D eigenvalue weighted by Crippen LogP contribution is 2.24. The maximum Gasteiger partial charge on any atom is 0.238 e. The monoisotopic (exact) mass is 405 g/mol. The molecule has 1 heterocycles. The number of nitrogens with one attached hydrogen (secondary N) is 1. The van der Waals surface area contributed by atoms with E-state index >= 15 is 0 Å². The van der Waals surface area contributed by atoms with Gasteiger partial charge in [0.05, 0.1) is 18.3 Å². The van der Waals surface area contributed by atoms with Crippen molar-refractivity contribution in [1.82, 2.24) is 4.90 Å². The van der Waals surface area contributed by atoms with Crippen molar-refractivity contribution in [2.45, 2.75) is 19.0 Å². The molecule has 5 nitrogen and oxygen atoms in total. The van der Waals surface area contributed by atoms with Gasteiger partial charge in [0.2, 0.25) is 11.8 Å². The quantitative estimate of drug-likeness (QED) is 0.819. The van der Waals surface area contributed by atoms with Crippen molar-refractivity contribution in [3.8, 4) is 0 Å². The van der Waals surface area contributed by atoms with Gasteiger partial charge in [0.1, 0.15) is 5.82 Å². The zero-order valence-electron chi connectivity index (χ0n) is 13.3. The Hall–Kier alpha value is -2.25. The summed E-state index contributed by atoms with van der Waals surface area (Å²) in [6.07, 6.45) is 0.464. The van der Waals surface area contributed by atoms with Crippen molar-refractivity contribution < 1.29 is 14.0 Å². The summed E-state index contributed by atoms with van der Waals surface area (Å²) >= 11 is 3.17. The number of nitrogens with two attached hydrogens (primary N) is 1. The molecule has 0 saturated heterocycles. The Kier molecular flexibility index (Phi) is 5.15. The molecule has 0 aliphatic carbocycles. The first kappa shape index (κ1) is 17.6. The van der Waals surface area contributed by atoms with Crippen LogP contribution in [-0.4, -0.2) is 29.3 Å². The Labute approximate surface area is 153 Å². The average molecular weight is 406 g/mol. The molecular weight excluding hydrogens is 389 g/mol. The highest BCUT2D eigenvalue weighted by molar-refractivity contribution is 9.10. The van der Waals surface area contributed by atoms with Gasteiger partial charge >= 0.3 is 0 Å². The second-order valence-electron chi connectivity index (χ2n) is 5.97. The van der Waals surface area contributed by atoms with Crippen LogP contribution in [-0.2, 0) is 22.6 Å². The van der Waals surface area contributed by atoms with Crippen molar-refractivity contribution in [2.75, 3.05) is 11.9 Å². The molecule has 0 unspecified atom stereocenters. The predicted molar refractivity (Wildman–Crippen MR) is 96.3 cm³/mol. The maximum atomic E-state index is 13.9. The second-order valence-corrected chi connectivity index (χ2v) is 6.88. The number of nitrogens with zero attached hydrogens (tertiary/aromatic N) is 1. The number of halogens is 2. The van der Waals surface area contributed by atoms with Crippen LogP contribution in [0.2, 0.25) is 0 Å². The van der Waals surface area contributed by atoms with Gasteiger partial charge in [0, 0.05) is 11.0 Å². The van der Waals surface area contributed by atoms with Crippen molar-refractivity contribution in [2.24, 2.45) is 5.73 Å². The lowest BCUT2D eigenvalue weighted by Gasteiger charge is -2.34. The zero-order chi connectivity index (χ0) is 18.0. The lowest BCUT2D eigenvalue weighted by Crippen LogP contribution is -2.50. The molecule has 7 heteroatoms. The molecule has 0 aromatic heterocycles. The van der Waals surface area contributed by atoms with Crippen LogP contribution < -0.4 is 11.1 Å². The van der Waals surface area contributed by atoms with Crippen LogP contribution in [0.5, 0.6) is 0 Å². The molecule has 0 fully saturated rings. The van der Waals surface area contributed by atoms with E-state index in [1.54, 1.807) is 11.0 Å². The van der Waals surface area contributed by atoms with Gasteiger partial charge in [-0.15, -0.1) is 0 Å². The van der Waals surface area contributed by atoms with Gasteiger partial charge in [-0.25, -0.2) is 4.39 Å². The molecule has 3 rings (SSSR count). The molecule has 2 amide bonds. The highest BCUT2D eigenvalue weighted by Gasteiger charge is 2.31. The van der Waals surface area contributed by atoms with Gasteiger partial charge in [-0.1, -0.05) is 40.2 Å². The van der Waals surface area contributed by atoms with Crippen molar-refractivity contribution >= 4 is 33.4 Å². The molecule has 0 saturated carbocycles. The van der Waals surface area contributed by atoms with Crippen LogP contribution in [0.3, 0.4) is 0 Å². The first-order valence-corrected chi connectivity index (χ1v) is 8.58. The Bertz CT molecular complexity index is 828. The fourth-order valence-corrected chi connectivity index (χ4v) is 3.32. The number of primary amides is 1. The summed E-state index contributed by atoms with van der Waals surface area (Å²) in [5.41, 5.74) is 7.72. The van der Waals surface area contributed by atoms with E-state index in [2.05, 4.69) is 21.2 Å². The van der Waals surface area contributed by atoms with E-state index < -0.39 is 23.7 Å². The van der Waals surface area contributed by atoms with Gasteiger partial charge in [-0.3, -0.25) is 14.5 Å². The maximum absolute atomic E-state index is 13.9. The van der Waals surface area contributed by atoms with Gasteiger partial charge in [-0.2, -0.15) is 0 Å². The van der Waals surface area contributed by atoms with Gasteiger partial charge in [0.15, 0.2) is 0 Å². The number of carbonyl (C=O) groups is 2. The summed E-state index contributed by atoms with van der Waals surface area (Å²) in [7, 11) is 0. The first-order chi connectivity index (χ1) is 11.9. The summed E-state index contributed by atoms with van der Waals surface area (Å²) in [6.45, 7) is 0.400. The molecule has 3 N–H and O–H groups in total. The molecule has 1 aliphatic heterocycles. The van der Waals surface area contributed by atoms with E-state index in [9.17, 15) is 14.0 Å². The van der Waals surface area contributed by atoms with Crippen molar-refractivity contribution in [3.63, 3.8) is 0 Å². The minimum Gasteiger partial charge on any atom is -0.368 e. The molecule has 2 aromatic rings. The van der Waals surface area contributed by atoms with Crippen LogP contribution in [0, 0.1) is 5.82 Å². The summed E-state index contributed by atoms with van der Waals surface area (Å²) in [5, 5.41) is 2.54. The van der Waals surface area contributed by atoms with Crippen molar-refractivity contribution in [3.05, 3.63) is 63.9 Å². The lowest BCUT2D eigenvalue weighted by molar-refractivity contribution is -0.125. The standard InChI is InChI=1S/C18H17BrFN3O2/c19-13-5-6-15(14(20)8-13)22-17(24)10-23-9-12-4-2-1-3-11(12)7-16(23)18(21)25/h1-6,8,16H,7,9-10H2,(H2,21,25)(H,22,24)/t16-/m0/s1. The number of amides is 2. The smallest absolute Gasteiger partial charge is 0.238 e. The largest absolute Gasteiger partial charge is 0.368 e. The number of hydrogen-bond donors (Lipinski definition) is 2. The molecule has 2 aromatic carbocycles. The molecule has 1 atom stereocenters. The van der Waals surface area contributed by atoms with Crippen LogP contribution in [0.15, 0.2) is 46.9 Å². The highest BCUT2D eigenvalue weighted by atomic mass is 79.9. The third-order valence-corrected chi connectivity index (χ3v) is 4.72. The normalized spacial score (nSPS) is 17.0. The fourth-order valence-electron chi connectivity index (χ4n) is 2.99. The first-order valence-electron chi connectivity index (χ1n) is 7.79. The zero-order valence-corrected chi connectivity index (χ0v) is 14.9. The number of carbonyl (C=O) groups excluding carboxylic acids is 2. The number of benzene rings is 2. The van der Waals surface area contributed by atoms with Crippen LogP contribution in [0.1, 0.15) is 11.1 Å². The van der Waals surface area contributed by atoms with Gasteiger partial charge in [-0.05, 0) is 35.7 Å². The predicted octanol–water partition coefficient (Wildman–Crippen LogP) is 2.44. The summed E-state index contributed by atoms with van der Waals surface area (Å²) in [4.78, 5) is 25.8. The molecule has 0 bridgehead atoms. The molecule has 25 heavy (non-hydrogen) atoms. The Morgan fingerprint density at radius 3 is 2.64 bits per heavy atom. The van der Waals surface area contributed by atoms with E-state index in [1.165, 1.54) is 12.1 Å². The minimum absolute atomic E-state index is 0.0442. The average Bonchev–Trinajstić information content (AvgIpc) is 2.56. The topological polar surface area (TPSA) is 75.4 Å². The van der Waals surface area contributed by atoms with E-state index in [4.69, 9.17) is 5.73 Å². The van der Waals surface area contributed by atoms with Gasteiger partial charge < -0.3 is 11.1 Å². The Morgan fingerprint density at radius 2 is 1.96 bits per heavy atom. The summed E-state index contributed by atoms with van der Waals surface area (Å²) < 4.78 is 14.4. The van der Waals surface area contributed by atoms with Gasteiger partial charge in [0.25, 0.3) is 0 Å². The molecule has 0 radical (unpaired) electrons. The second kappa shape index (κ2) is 7.33. The van der Waals surface area contributed by atoms with E-state index in [0.29, 0.717) is 17.4 Å². The summed E-state index contributed by atoms with van der Waals surface area (Å²) in [5.74, 6) is -1.40. The Balaban J connectivity index is 1.74. The summed E-state index contributed by atoms with van der Waals surface area (Å²) in [6, 6.07) is 11.6. The Morgan fingerprint density at radius 1 is 1.24 bits per heavy atom. The third kappa shape index (κ3) is 4.05. The fraction of sp³-hybridized carbons (Fsp3) is 0.222. The lowest BCUT2D eigenvalue weighted by atomic mass is 9.93. The van der Waals surface area contributed by atoms with E-state index in [-0.39, 0.29) is 12.2 Å². The van der Waals surface area contributed by atoms with Crippen LogP contribution >= 0.6 is 15.9 Å². The molecule has 1 aliphatic rings. The number of hydrogen-bond acceptors (Lipinski definition) is 3. The number of rotatable bonds is 4. The van der Waals surface area contributed by atoms with E-state index in [0.717, 1.165) is 11.1 Å². The molecule has 0 spiro atoms. The van der Waals surface area contributed by atoms with Crippen LogP contribution in [0.4, 0.5) is 10.1 Å². The minimum atomic E-state index is -0.560. The SMILES string of the molecule is NC(=O)[C@@H]1Cc2ccccc2CN1CC(=O)Nc1ccc(Br)cc1F. The van der Waals surface area contributed by atoms with E-state index in [1.807, 2.05) is 24.3 Å². The van der Waals surface area contributed by atoms with Crippen LogP contribution in [0.25, 0.3) is 0 Å². The van der Waals surface area contributed by atoms with Crippen molar-refractivity contribution in [1.29, 1.82) is 0 Å².